The third kappa shape index (κ3) is 3.14. The van der Waals surface area contributed by atoms with Gasteiger partial charge in [-0.15, -0.1) is 0 Å². The van der Waals surface area contributed by atoms with Crippen LogP contribution < -0.4 is 5.32 Å². The van der Waals surface area contributed by atoms with Gasteiger partial charge in [0.2, 0.25) is 0 Å². The van der Waals surface area contributed by atoms with Crippen LogP contribution in [0.5, 0.6) is 0 Å². The molecule has 3 rings (SSSR count). The minimum absolute atomic E-state index is 0.108. The van der Waals surface area contributed by atoms with Gasteiger partial charge in [-0.25, -0.2) is 0 Å². The number of aliphatic hydroxyl groups is 1. The van der Waals surface area contributed by atoms with Crippen LogP contribution in [0.15, 0.2) is 42.5 Å². The number of aliphatic hydroxyl groups excluding tert-OH is 1. The molecule has 100 valence electrons. The summed E-state index contributed by atoms with van der Waals surface area (Å²) in [5.41, 5.74) is 1.32. The van der Waals surface area contributed by atoms with Gasteiger partial charge in [-0.1, -0.05) is 36.4 Å². The first-order valence-electron chi connectivity index (χ1n) is 7.20. The minimum atomic E-state index is -0.108. The van der Waals surface area contributed by atoms with Crippen molar-refractivity contribution in [2.24, 2.45) is 0 Å². The Hall–Kier alpha value is -1.38. The molecule has 1 fully saturated rings. The van der Waals surface area contributed by atoms with Gasteiger partial charge in [-0.05, 0) is 48.1 Å². The van der Waals surface area contributed by atoms with Crippen LogP contribution in [0.4, 0.5) is 0 Å². The molecule has 0 bridgehead atoms. The zero-order valence-electron chi connectivity index (χ0n) is 11.2. The first-order valence-corrected chi connectivity index (χ1v) is 7.20. The summed E-state index contributed by atoms with van der Waals surface area (Å²) in [4.78, 5) is 0. The van der Waals surface area contributed by atoms with E-state index < -0.39 is 0 Å². The second-order valence-corrected chi connectivity index (χ2v) is 5.58. The van der Waals surface area contributed by atoms with Crippen molar-refractivity contribution in [1.82, 2.24) is 5.32 Å². The minimum Gasteiger partial charge on any atom is -0.393 e. The number of hydrogen-bond acceptors (Lipinski definition) is 2. The number of benzene rings is 2. The average molecular weight is 255 g/mol. The molecule has 1 saturated carbocycles. The lowest BCUT2D eigenvalue weighted by Gasteiger charge is -2.26. The highest BCUT2D eigenvalue weighted by Gasteiger charge is 2.19. The summed E-state index contributed by atoms with van der Waals surface area (Å²) in [6.45, 7) is 0.891. The van der Waals surface area contributed by atoms with Gasteiger partial charge in [-0.2, -0.15) is 0 Å². The highest BCUT2D eigenvalue weighted by atomic mass is 16.3. The van der Waals surface area contributed by atoms with Crippen molar-refractivity contribution < 1.29 is 5.11 Å². The van der Waals surface area contributed by atoms with Gasteiger partial charge in [0.05, 0.1) is 6.10 Å². The van der Waals surface area contributed by atoms with E-state index in [-0.39, 0.29) is 6.10 Å². The maximum Gasteiger partial charge on any atom is 0.0555 e. The topological polar surface area (TPSA) is 32.3 Å². The monoisotopic (exact) mass is 255 g/mol. The summed E-state index contributed by atoms with van der Waals surface area (Å²) < 4.78 is 0. The molecule has 2 heteroatoms. The van der Waals surface area contributed by atoms with Gasteiger partial charge in [0.15, 0.2) is 0 Å². The van der Waals surface area contributed by atoms with Crippen LogP contribution >= 0.6 is 0 Å². The van der Waals surface area contributed by atoms with Crippen LogP contribution in [0.2, 0.25) is 0 Å². The molecule has 1 aliphatic rings. The second-order valence-electron chi connectivity index (χ2n) is 5.58. The second kappa shape index (κ2) is 5.72. The number of nitrogens with one attached hydrogen (secondary N) is 1. The largest absolute Gasteiger partial charge is 0.393 e. The van der Waals surface area contributed by atoms with Gasteiger partial charge < -0.3 is 10.4 Å². The zero-order valence-corrected chi connectivity index (χ0v) is 11.2. The van der Waals surface area contributed by atoms with Crippen LogP contribution in [-0.4, -0.2) is 17.3 Å². The van der Waals surface area contributed by atoms with E-state index in [9.17, 15) is 5.11 Å². The third-order valence-corrected chi connectivity index (χ3v) is 4.06. The maximum atomic E-state index is 9.68. The van der Waals surface area contributed by atoms with Crippen molar-refractivity contribution in [2.75, 3.05) is 0 Å². The normalized spacial score (nSPS) is 23.6. The molecule has 2 N–H and O–H groups in total. The Morgan fingerprint density at radius 2 is 1.89 bits per heavy atom. The molecule has 0 spiro atoms. The molecule has 0 aromatic heterocycles. The lowest BCUT2D eigenvalue weighted by atomic mass is 9.93. The van der Waals surface area contributed by atoms with Crippen LogP contribution in [0.25, 0.3) is 10.8 Å². The number of hydrogen-bond donors (Lipinski definition) is 2. The van der Waals surface area contributed by atoms with Crippen molar-refractivity contribution in [3.63, 3.8) is 0 Å². The van der Waals surface area contributed by atoms with Crippen LogP contribution in [0.1, 0.15) is 31.2 Å². The van der Waals surface area contributed by atoms with Gasteiger partial charge >= 0.3 is 0 Å². The molecule has 0 amide bonds. The summed E-state index contributed by atoms with van der Waals surface area (Å²) in [6, 6.07) is 15.5. The Morgan fingerprint density at radius 3 is 2.74 bits per heavy atom. The SMILES string of the molecule is OC1CCCC(NCc2ccc3ccccc3c2)C1. The Balaban J connectivity index is 1.64. The first kappa shape index (κ1) is 12.6. The molecule has 2 aromatic carbocycles. The molecule has 0 aliphatic heterocycles. The number of rotatable bonds is 3. The molecule has 0 saturated heterocycles. The molecule has 2 unspecified atom stereocenters. The Labute approximate surface area is 114 Å². The van der Waals surface area contributed by atoms with Crippen LogP contribution in [-0.2, 0) is 6.54 Å². The van der Waals surface area contributed by atoms with Gasteiger partial charge in [0, 0.05) is 12.6 Å². The Morgan fingerprint density at radius 1 is 1.05 bits per heavy atom. The summed E-state index contributed by atoms with van der Waals surface area (Å²) in [7, 11) is 0. The fourth-order valence-corrected chi connectivity index (χ4v) is 2.96. The average Bonchev–Trinajstić information content (AvgIpc) is 2.45. The molecular formula is C17H21NO. The predicted molar refractivity (Wildman–Crippen MR) is 79.1 cm³/mol. The van der Waals surface area contributed by atoms with E-state index in [0.29, 0.717) is 6.04 Å². The molecule has 19 heavy (non-hydrogen) atoms. The molecule has 2 atom stereocenters. The molecule has 1 aliphatic carbocycles. The highest BCUT2D eigenvalue weighted by molar-refractivity contribution is 5.82. The smallest absolute Gasteiger partial charge is 0.0555 e. The highest BCUT2D eigenvalue weighted by Crippen LogP contribution is 2.20. The van der Waals surface area contributed by atoms with Gasteiger partial charge in [0.25, 0.3) is 0 Å². The molecule has 2 nitrogen and oxygen atoms in total. The molecule has 0 heterocycles. The van der Waals surface area contributed by atoms with E-state index in [4.69, 9.17) is 0 Å². The molecular weight excluding hydrogens is 234 g/mol. The fourth-order valence-electron chi connectivity index (χ4n) is 2.96. The molecule has 2 aromatic rings. The third-order valence-electron chi connectivity index (χ3n) is 4.06. The Kier molecular flexibility index (Phi) is 3.81. The van der Waals surface area contributed by atoms with E-state index in [0.717, 1.165) is 25.8 Å². The van der Waals surface area contributed by atoms with Crippen molar-refractivity contribution in [3.05, 3.63) is 48.0 Å². The predicted octanol–water partition coefficient (Wildman–Crippen LogP) is 3.23. The van der Waals surface area contributed by atoms with E-state index in [1.54, 1.807) is 0 Å². The van der Waals surface area contributed by atoms with Crippen molar-refractivity contribution in [1.29, 1.82) is 0 Å². The summed E-state index contributed by atoms with van der Waals surface area (Å²) in [5, 5.41) is 15.8. The van der Waals surface area contributed by atoms with E-state index in [1.165, 1.54) is 22.8 Å². The van der Waals surface area contributed by atoms with Crippen molar-refractivity contribution in [3.8, 4) is 0 Å². The number of fused-ring (bicyclic) bond motifs is 1. The first-order chi connectivity index (χ1) is 9.31. The lowest BCUT2D eigenvalue weighted by Crippen LogP contribution is -2.35. The standard InChI is InChI=1S/C17H21NO/c19-17-7-3-6-16(11-17)18-12-13-8-9-14-4-1-2-5-15(14)10-13/h1-2,4-5,8-10,16-19H,3,6-7,11-12H2. The van der Waals surface area contributed by atoms with Crippen LogP contribution in [0, 0.1) is 0 Å². The lowest BCUT2D eigenvalue weighted by molar-refractivity contribution is 0.111. The summed E-state index contributed by atoms with van der Waals surface area (Å²) >= 11 is 0. The quantitative estimate of drug-likeness (QED) is 0.882. The summed E-state index contributed by atoms with van der Waals surface area (Å²) in [6.07, 6.45) is 4.07. The van der Waals surface area contributed by atoms with Crippen molar-refractivity contribution >= 4 is 10.8 Å². The van der Waals surface area contributed by atoms with Crippen molar-refractivity contribution in [2.45, 2.75) is 44.4 Å². The summed E-state index contributed by atoms with van der Waals surface area (Å²) in [5.74, 6) is 0. The molecule has 0 radical (unpaired) electrons. The fraction of sp³-hybridized carbons (Fsp3) is 0.412. The van der Waals surface area contributed by atoms with E-state index in [2.05, 4.69) is 47.8 Å². The van der Waals surface area contributed by atoms with Gasteiger partial charge in [-0.3, -0.25) is 0 Å². The maximum absolute atomic E-state index is 9.68. The van der Waals surface area contributed by atoms with Crippen LogP contribution in [0.3, 0.4) is 0 Å². The zero-order chi connectivity index (χ0) is 13.1. The van der Waals surface area contributed by atoms with E-state index in [1.807, 2.05) is 0 Å². The van der Waals surface area contributed by atoms with E-state index >= 15 is 0 Å². The van der Waals surface area contributed by atoms with Gasteiger partial charge in [0.1, 0.15) is 0 Å². The Bertz CT molecular complexity index is 552.